The van der Waals surface area contributed by atoms with Crippen molar-refractivity contribution in [1.29, 1.82) is 0 Å². The van der Waals surface area contributed by atoms with Crippen LogP contribution < -0.4 is 0 Å². The maximum absolute atomic E-state index is 5.26. The summed E-state index contributed by atoms with van der Waals surface area (Å²) in [5.74, 6) is 0.567. The molecule has 0 bridgehead atoms. The molecule has 1 aliphatic rings. The molecule has 0 saturated carbocycles. The first kappa shape index (κ1) is 28.7. The first-order valence-corrected chi connectivity index (χ1v) is 11.9. The Morgan fingerprint density at radius 2 is 1.47 bits per heavy atom. The molecule has 0 unspecified atom stereocenters. The van der Waals surface area contributed by atoms with Gasteiger partial charge in [0, 0.05) is 6.54 Å². The predicted octanol–water partition coefficient (Wildman–Crippen LogP) is 8.34. The molecular weight excluding hydrogens is 414 g/mol. The van der Waals surface area contributed by atoms with Crippen molar-refractivity contribution in [2.75, 3.05) is 19.6 Å². The Balaban J connectivity index is 2.39. The zero-order valence-electron chi connectivity index (χ0n) is 21.0. The van der Waals surface area contributed by atoms with E-state index in [2.05, 4.69) is 74.1 Å². The molecule has 0 aromatic rings. The summed E-state index contributed by atoms with van der Waals surface area (Å²) in [7, 11) is 0. The number of piperidine rings is 1. The third kappa shape index (κ3) is 13.9. The first-order valence-electron chi connectivity index (χ1n) is 11.9. The normalized spacial score (nSPS) is 17.6. The van der Waals surface area contributed by atoms with Gasteiger partial charge in [-0.25, -0.2) is 0 Å². The van der Waals surface area contributed by atoms with Gasteiger partial charge in [0.05, 0.1) is 12.5 Å². The second-order valence-electron chi connectivity index (χ2n) is 8.01. The van der Waals surface area contributed by atoms with Gasteiger partial charge in [-0.1, -0.05) is 110 Å². The molecule has 0 aliphatic carbocycles. The monoisotopic (exact) mass is 455 g/mol. The summed E-state index contributed by atoms with van der Waals surface area (Å²) >= 11 is 0. The van der Waals surface area contributed by atoms with Crippen molar-refractivity contribution in [1.82, 2.24) is 4.90 Å². The van der Waals surface area contributed by atoms with Crippen LogP contribution in [0.25, 0.3) is 0 Å². The van der Waals surface area contributed by atoms with E-state index in [1.54, 1.807) is 18.6 Å². The van der Waals surface area contributed by atoms with Gasteiger partial charge in [0.2, 0.25) is 0 Å². The smallest absolute Gasteiger partial charge is 0.0901 e. The highest BCUT2D eigenvalue weighted by Gasteiger charge is 2.20. The zero-order valence-corrected chi connectivity index (χ0v) is 21.0. The Bertz CT molecular complexity index is 891. The Labute approximate surface area is 208 Å². The molecule has 1 rings (SSSR count). The average Bonchev–Trinajstić information content (AvgIpc) is 2.85. The van der Waals surface area contributed by atoms with Crippen molar-refractivity contribution in [2.24, 2.45) is 5.92 Å². The summed E-state index contributed by atoms with van der Waals surface area (Å²) in [6, 6.07) is 0. The van der Waals surface area contributed by atoms with E-state index in [0.717, 1.165) is 38.0 Å². The molecule has 2 nitrogen and oxygen atoms in total. The Morgan fingerprint density at radius 1 is 0.853 bits per heavy atom. The van der Waals surface area contributed by atoms with Crippen LogP contribution in [-0.2, 0) is 4.74 Å². The lowest BCUT2D eigenvalue weighted by Gasteiger charge is -2.32. The van der Waals surface area contributed by atoms with E-state index in [-0.39, 0.29) is 0 Å². The molecule has 180 valence electrons. The van der Waals surface area contributed by atoms with E-state index in [9.17, 15) is 0 Å². The average molecular weight is 456 g/mol. The molecule has 0 atom stereocenters. The summed E-state index contributed by atoms with van der Waals surface area (Å²) in [5.41, 5.74) is 3.68. The van der Waals surface area contributed by atoms with Crippen molar-refractivity contribution < 1.29 is 4.74 Å². The third-order valence-electron chi connectivity index (χ3n) is 5.38. The molecule has 0 aromatic carbocycles. The minimum atomic E-state index is 0.567. The molecule has 0 radical (unpaired) electrons. The van der Waals surface area contributed by atoms with E-state index in [1.165, 1.54) is 11.1 Å². The van der Waals surface area contributed by atoms with Crippen LogP contribution in [0.1, 0.15) is 26.7 Å². The Hall–Kier alpha value is -3.36. The predicted molar refractivity (Wildman–Crippen MR) is 151 cm³/mol. The van der Waals surface area contributed by atoms with Crippen LogP contribution in [-0.4, -0.2) is 24.5 Å². The Kier molecular flexibility index (Phi) is 16.1. The molecule has 0 spiro atoms. The summed E-state index contributed by atoms with van der Waals surface area (Å²) < 4.78 is 5.26. The number of rotatable bonds is 14. The third-order valence-corrected chi connectivity index (χ3v) is 5.38. The molecule has 1 heterocycles. The van der Waals surface area contributed by atoms with Crippen molar-refractivity contribution in [2.45, 2.75) is 26.7 Å². The number of nitrogens with zero attached hydrogens (tertiary/aromatic N) is 1. The molecule has 1 fully saturated rings. The fourth-order valence-corrected chi connectivity index (χ4v) is 3.36. The first-order chi connectivity index (χ1) is 16.6. The van der Waals surface area contributed by atoms with Gasteiger partial charge in [-0.3, -0.25) is 4.90 Å². The summed E-state index contributed by atoms with van der Waals surface area (Å²) in [6.45, 7) is 19.0. The number of ether oxygens (including phenoxy) is 1. The second kappa shape index (κ2) is 19.1. The highest BCUT2D eigenvalue weighted by atomic mass is 16.5. The van der Waals surface area contributed by atoms with Crippen LogP contribution in [0.2, 0.25) is 0 Å². The molecule has 1 saturated heterocycles. The van der Waals surface area contributed by atoms with E-state index in [1.807, 2.05) is 55.5 Å². The Morgan fingerprint density at radius 3 is 2.15 bits per heavy atom. The zero-order chi connectivity index (χ0) is 24.9. The standard InChI is InChI=1S/C32H41NO/c1-6-9-10-17-26-34-27-18-16-20-30(5)28-33-24-22-32(23-25-33)31(8-3)21-15-13-11-12-14-19-29(4)7-2/h6-21,26-27,32H,1,3,5,22-25,28H2,2,4H3/b10-9-,12-11+,15-13+,19-14-,20-16-,26-17+,27-18+,29-7+,31-21+. The molecular formula is C32H41NO. The number of hydrogen-bond acceptors (Lipinski definition) is 2. The molecule has 2 heteroatoms. The van der Waals surface area contributed by atoms with E-state index < -0.39 is 0 Å². The molecule has 0 aromatic heterocycles. The maximum atomic E-state index is 5.26. The quantitative estimate of drug-likeness (QED) is 0.193. The summed E-state index contributed by atoms with van der Waals surface area (Å²) in [5, 5.41) is 0. The molecule has 0 amide bonds. The van der Waals surface area contributed by atoms with Gasteiger partial charge in [0.15, 0.2) is 0 Å². The summed E-state index contributed by atoms with van der Waals surface area (Å²) in [6.07, 6.45) is 37.4. The molecule has 34 heavy (non-hydrogen) atoms. The second-order valence-corrected chi connectivity index (χ2v) is 8.01. The van der Waals surface area contributed by atoms with Gasteiger partial charge in [0.1, 0.15) is 0 Å². The lowest BCUT2D eigenvalue weighted by molar-refractivity contribution is 0.216. The van der Waals surface area contributed by atoms with Crippen LogP contribution >= 0.6 is 0 Å². The maximum Gasteiger partial charge on any atom is 0.0901 e. The van der Waals surface area contributed by atoms with Crippen LogP contribution in [0.3, 0.4) is 0 Å². The van der Waals surface area contributed by atoms with E-state index >= 15 is 0 Å². The van der Waals surface area contributed by atoms with Gasteiger partial charge in [-0.05, 0) is 69.0 Å². The van der Waals surface area contributed by atoms with Gasteiger partial charge in [-0.15, -0.1) is 0 Å². The minimum absolute atomic E-state index is 0.567. The lowest BCUT2D eigenvalue weighted by Crippen LogP contribution is -2.35. The number of allylic oxidation sites excluding steroid dienone is 17. The van der Waals surface area contributed by atoms with Gasteiger partial charge in [0.25, 0.3) is 0 Å². The number of likely N-dealkylation sites (tertiary alicyclic amines) is 1. The topological polar surface area (TPSA) is 12.5 Å². The van der Waals surface area contributed by atoms with Gasteiger partial charge >= 0.3 is 0 Å². The highest BCUT2D eigenvalue weighted by Crippen LogP contribution is 2.25. The van der Waals surface area contributed by atoms with Crippen molar-refractivity contribution in [3.63, 3.8) is 0 Å². The van der Waals surface area contributed by atoms with Crippen LogP contribution in [0.4, 0.5) is 0 Å². The van der Waals surface area contributed by atoms with Crippen molar-refractivity contribution >= 4 is 0 Å². The van der Waals surface area contributed by atoms with E-state index in [0.29, 0.717) is 5.92 Å². The van der Waals surface area contributed by atoms with Gasteiger partial charge < -0.3 is 4.74 Å². The van der Waals surface area contributed by atoms with Crippen LogP contribution in [0.5, 0.6) is 0 Å². The molecule has 0 N–H and O–H groups in total. The van der Waals surface area contributed by atoms with Crippen LogP contribution in [0, 0.1) is 5.92 Å². The van der Waals surface area contributed by atoms with Gasteiger partial charge in [-0.2, -0.15) is 0 Å². The fraction of sp³-hybridized carbons (Fsp3) is 0.250. The summed E-state index contributed by atoms with van der Waals surface area (Å²) in [4.78, 5) is 2.47. The minimum Gasteiger partial charge on any atom is -0.473 e. The van der Waals surface area contributed by atoms with Crippen molar-refractivity contribution in [3.05, 3.63) is 146 Å². The van der Waals surface area contributed by atoms with E-state index in [4.69, 9.17) is 4.74 Å². The number of hydrogen-bond donors (Lipinski definition) is 0. The lowest BCUT2D eigenvalue weighted by atomic mass is 9.88. The SMILES string of the molecule is C=C/C=C\C=C\O/C=C/C=C\C(=C)CN1CCC(/C(C=C)=C/C=C/C=C/C=C\C(C)=C\C)CC1. The van der Waals surface area contributed by atoms with Crippen molar-refractivity contribution in [3.8, 4) is 0 Å². The molecule has 1 aliphatic heterocycles. The highest BCUT2D eigenvalue weighted by molar-refractivity contribution is 5.28. The van der Waals surface area contributed by atoms with Crippen LogP contribution in [0.15, 0.2) is 146 Å². The fourth-order valence-electron chi connectivity index (χ4n) is 3.36. The largest absolute Gasteiger partial charge is 0.473 e.